The van der Waals surface area contributed by atoms with E-state index in [0.717, 1.165) is 0 Å². The van der Waals surface area contributed by atoms with Crippen molar-refractivity contribution in [1.82, 2.24) is 15.0 Å². The molecule has 0 spiro atoms. The van der Waals surface area contributed by atoms with E-state index in [1.165, 1.54) is 13.2 Å². The topological polar surface area (TPSA) is 49.2 Å². The van der Waals surface area contributed by atoms with Crippen LogP contribution in [0.15, 0.2) is 24.4 Å². The number of hydrogen-bond acceptors (Lipinski definition) is 4. The lowest BCUT2D eigenvalue weighted by Crippen LogP contribution is -2.14. The van der Waals surface area contributed by atoms with Gasteiger partial charge in [-0.05, 0) is 19.1 Å². The Morgan fingerprint density at radius 2 is 2.16 bits per heavy atom. The van der Waals surface area contributed by atoms with Gasteiger partial charge in [0.2, 0.25) is 0 Å². The molecule has 0 aliphatic rings. The number of aromatic nitrogens is 3. The van der Waals surface area contributed by atoms with Crippen molar-refractivity contribution in [1.29, 1.82) is 0 Å². The molecule has 0 saturated carbocycles. The van der Waals surface area contributed by atoms with Crippen LogP contribution in [0.25, 0.3) is 11.3 Å². The van der Waals surface area contributed by atoms with Crippen molar-refractivity contribution >= 4 is 0 Å². The van der Waals surface area contributed by atoms with Crippen LogP contribution in [0.3, 0.4) is 0 Å². The van der Waals surface area contributed by atoms with E-state index >= 15 is 0 Å². The van der Waals surface area contributed by atoms with E-state index in [2.05, 4.69) is 10.3 Å². The molecule has 0 bridgehead atoms. The molecule has 19 heavy (non-hydrogen) atoms. The molecule has 2 aromatic rings. The molecular formula is C13H16FN3O2. The summed E-state index contributed by atoms with van der Waals surface area (Å²) in [6.07, 6.45) is 1.72. The largest absolute Gasteiger partial charge is 0.497 e. The molecule has 0 N–H and O–H groups in total. The standard InChI is InChI=1S/C13H16FN3O2/c1-9(18-2)7-17-8-13(15-16-17)11-5-4-10(19-3)6-12(11)14/h4-6,8-9H,7H2,1-3H3. The quantitative estimate of drug-likeness (QED) is 0.831. The Labute approximate surface area is 111 Å². The summed E-state index contributed by atoms with van der Waals surface area (Å²) in [5, 5.41) is 7.92. The fraction of sp³-hybridized carbons (Fsp3) is 0.385. The lowest BCUT2D eigenvalue weighted by Gasteiger charge is -2.07. The highest BCUT2D eigenvalue weighted by atomic mass is 19.1. The zero-order valence-corrected chi connectivity index (χ0v) is 11.1. The van der Waals surface area contributed by atoms with E-state index < -0.39 is 0 Å². The summed E-state index contributed by atoms with van der Waals surface area (Å²) in [5.74, 6) is 0.0906. The molecule has 0 saturated heterocycles. The summed E-state index contributed by atoms with van der Waals surface area (Å²) in [7, 11) is 3.13. The first kappa shape index (κ1) is 13.5. The molecule has 1 unspecified atom stereocenters. The van der Waals surface area contributed by atoms with Gasteiger partial charge in [-0.25, -0.2) is 9.07 Å². The van der Waals surface area contributed by atoms with Gasteiger partial charge < -0.3 is 9.47 Å². The van der Waals surface area contributed by atoms with Gasteiger partial charge in [-0.15, -0.1) is 5.10 Å². The molecule has 1 atom stereocenters. The van der Waals surface area contributed by atoms with Crippen LogP contribution in [0.5, 0.6) is 5.75 Å². The molecule has 6 heteroatoms. The normalized spacial score (nSPS) is 12.4. The summed E-state index contributed by atoms with van der Waals surface area (Å²) in [5.41, 5.74) is 0.889. The molecule has 2 rings (SSSR count). The SMILES string of the molecule is COc1ccc(-c2cn(CC(C)OC)nn2)c(F)c1. The molecule has 102 valence electrons. The minimum absolute atomic E-state index is 0.0234. The van der Waals surface area contributed by atoms with Crippen LogP contribution < -0.4 is 4.74 Å². The number of nitrogens with zero attached hydrogens (tertiary/aromatic N) is 3. The van der Waals surface area contributed by atoms with Gasteiger partial charge in [0.05, 0.1) is 26.0 Å². The van der Waals surface area contributed by atoms with Crippen molar-refractivity contribution in [2.45, 2.75) is 19.6 Å². The second-order valence-electron chi connectivity index (χ2n) is 4.22. The van der Waals surface area contributed by atoms with Gasteiger partial charge in [-0.1, -0.05) is 5.21 Å². The van der Waals surface area contributed by atoms with Crippen LogP contribution in [-0.2, 0) is 11.3 Å². The summed E-state index contributed by atoms with van der Waals surface area (Å²) in [6.45, 7) is 2.50. The summed E-state index contributed by atoms with van der Waals surface area (Å²) in [6, 6.07) is 4.64. The average Bonchev–Trinajstić information content (AvgIpc) is 2.86. The van der Waals surface area contributed by atoms with Gasteiger partial charge in [0.25, 0.3) is 0 Å². The Kier molecular flexibility index (Phi) is 4.11. The highest BCUT2D eigenvalue weighted by Crippen LogP contribution is 2.24. The van der Waals surface area contributed by atoms with Crippen LogP contribution in [0.2, 0.25) is 0 Å². The fourth-order valence-electron chi connectivity index (χ4n) is 1.68. The third-order valence-electron chi connectivity index (χ3n) is 2.84. The zero-order valence-electron chi connectivity index (χ0n) is 11.1. The summed E-state index contributed by atoms with van der Waals surface area (Å²) >= 11 is 0. The van der Waals surface area contributed by atoms with E-state index in [1.807, 2.05) is 6.92 Å². The minimum Gasteiger partial charge on any atom is -0.497 e. The number of methoxy groups -OCH3 is 2. The van der Waals surface area contributed by atoms with E-state index in [9.17, 15) is 4.39 Å². The molecule has 0 aliphatic carbocycles. The molecule has 1 aromatic carbocycles. The second kappa shape index (κ2) is 5.79. The second-order valence-corrected chi connectivity index (χ2v) is 4.22. The Balaban J connectivity index is 2.23. The van der Waals surface area contributed by atoms with Crippen LogP contribution in [0.1, 0.15) is 6.92 Å². The third kappa shape index (κ3) is 3.08. The van der Waals surface area contributed by atoms with Crippen molar-refractivity contribution in [2.24, 2.45) is 0 Å². The Hall–Kier alpha value is -1.95. The maximum Gasteiger partial charge on any atom is 0.136 e. The number of benzene rings is 1. The average molecular weight is 265 g/mol. The Morgan fingerprint density at radius 1 is 1.37 bits per heavy atom. The van der Waals surface area contributed by atoms with Crippen LogP contribution >= 0.6 is 0 Å². The first-order chi connectivity index (χ1) is 9.13. The van der Waals surface area contributed by atoms with E-state index in [-0.39, 0.29) is 11.9 Å². The number of halogens is 1. The molecule has 1 aromatic heterocycles. The predicted molar refractivity (Wildman–Crippen MR) is 68.4 cm³/mol. The minimum atomic E-state index is -0.383. The van der Waals surface area contributed by atoms with Gasteiger partial charge in [0.15, 0.2) is 0 Å². The van der Waals surface area contributed by atoms with Crippen molar-refractivity contribution in [3.8, 4) is 17.0 Å². The predicted octanol–water partition coefficient (Wildman–Crippen LogP) is 2.13. The molecule has 0 fully saturated rings. The van der Waals surface area contributed by atoms with E-state index in [0.29, 0.717) is 23.6 Å². The maximum absolute atomic E-state index is 13.9. The number of rotatable bonds is 5. The van der Waals surface area contributed by atoms with Gasteiger partial charge >= 0.3 is 0 Å². The smallest absolute Gasteiger partial charge is 0.136 e. The van der Waals surface area contributed by atoms with Crippen molar-refractivity contribution in [3.63, 3.8) is 0 Å². The number of hydrogen-bond donors (Lipinski definition) is 0. The van der Waals surface area contributed by atoms with Crippen molar-refractivity contribution < 1.29 is 13.9 Å². The number of ether oxygens (including phenoxy) is 2. The third-order valence-corrected chi connectivity index (χ3v) is 2.84. The van der Waals surface area contributed by atoms with Gasteiger partial charge in [0.1, 0.15) is 17.3 Å². The fourth-order valence-corrected chi connectivity index (χ4v) is 1.68. The monoisotopic (exact) mass is 265 g/mol. The summed E-state index contributed by atoms with van der Waals surface area (Å²) in [4.78, 5) is 0. The molecular weight excluding hydrogens is 249 g/mol. The lowest BCUT2D eigenvalue weighted by atomic mass is 10.1. The molecule has 5 nitrogen and oxygen atoms in total. The van der Waals surface area contributed by atoms with Gasteiger partial charge in [0, 0.05) is 18.7 Å². The molecule has 0 radical (unpaired) electrons. The first-order valence-corrected chi connectivity index (χ1v) is 5.91. The van der Waals surface area contributed by atoms with Crippen LogP contribution in [0.4, 0.5) is 4.39 Å². The van der Waals surface area contributed by atoms with Crippen LogP contribution in [-0.4, -0.2) is 35.3 Å². The van der Waals surface area contributed by atoms with Gasteiger partial charge in [-0.2, -0.15) is 0 Å². The van der Waals surface area contributed by atoms with Crippen LogP contribution in [0, 0.1) is 5.82 Å². The maximum atomic E-state index is 13.9. The van der Waals surface area contributed by atoms with E-state index in [1.54, 1.807) is 30.1 Å². The Morgan fingerprint density at radius 3 is 2.79 bits per heavy atom. The molecule has 1 heterocycles. The highest BCUT2D eigenvalue weighted by Gasteiger charge is 2.11. The van der Waals surface area contributed by atoms with E-state index in [4.69, 9.17) is 9.47 Å². The van der Waals surface area contributed by atoms with Crippen molar-refractivity contribution in [3.05, 3.63) is 30.2 Å². The summed E-state index contributed by atoms with van der Waals surface area (Å²) < 4.78 is 25.6. The molecule has 0 aliphatic heterocycles. The Bertz CT molecular complexity index is 557. The lowest BCUT2D eigenvalue weighted by molar-refractivity contribution is 0.0993. The van der Waals surface area contributed by atoms with Gasteiger partial charge in [-0.3, -0.25) is 0 Å². The first-order valence-electron chi connectivity index (χ1n) is 5.91. The van der Waals surface area contributed by atoms with Crippen molar-refractivity contribution in [2.75, 3.05) is 14.2 Å². The highest BCUT2D eigenvalue weighted by molar-refractivity contribution is 5.59. The zero-order chi connectivity index (χ0) is 13.8. The molecule has 0 amide bonds.